The van der Waals surface area contributed by atoms with Crippen LogP contribution in [0.25, 0.3) is 0 Å². The molecule has 1 aliphatic heterocycles. The van der Waals surface area contributed by atoms with Crippen molar-refractivity contribution < 1.29 is 9.59 Å². The first-order valence-electron chi connectivity index (χ1n) is 9.03. The third-order valence-corrected chi connectivity index (χ3v) is 4.74. The van der Waals surface area contributed by atoms with Crippen molar-refractivity contribution in [2.24, 2.45) is 0 Å². The number of amides is 2. The molecule has 0 bridgehead atoms. The highest BCUT2D eigenvalue weighted by Crippen LogP contribution is 2.24. The topological polar surface area (TPSA) is 70.2 Å². The van der Waals surface area contributed by atoms with E-state index in [2.05, 4.69) is 28.1 Å². The van der Waals surface area contributed by atoms with E-state index in [1.54, 1.807) is 12.1 Å². The Morgan fingerprint density at radius 1 is 1.08 bits per heavy atom. The molecule has 0 saturated carbocycles. The van der Waals surface area contributed by atoms with Gasteiger partial charge in [0.15, 0.2) is 0 Å². The Morgan fingerprint density at radius 3 is 2.46 bits per heavy atom. The predicted octanol–water partition coefficient (Wildman–Crippen LogP) is 3.67. The minimum Gasteiger partial charge on any atom is -0.326 e. The normalized spacial score (nSPS) is 16.8. The zero-order chi connectivity index (χ0) is 18.5. The van der Waals surface area contributed by atoms with Gasteiger partial charge in [0.25, 0.3) is 5.91 Å². The largest absolute Gasteiger partial charge is 0.326 e. The van der Waals surface area contributed by atoms with E-state index in [0.717, 1.165) is 24.3 Å². The quantitative estimate of drug-likeness (QED) is 0.787. The van der Waals surface area contributed by atoms with Crippen LogP contribution in [0.4, 0.5) is 11.4 Å². The third kappa shape index (κ3) is 4.49. The summed E-state index contributed by atoms with van der Waals surface area (Å²) >= 11 is 0. The molecular weight excluding hydrogens is 326 g/mol. The zero-order valence-corrected chi connectivity index (χ0v) is 15.3. The fraction of sp³-hybridized carbons (Fsp3) is 0.333. The van der Waals surface area contributed by atoms with Gasteiger partial charge < -0.3 is 16.0 Å². The number of carbonyl (C=O) groups is 2. The molecule has 1 aliphatic rings. The van der Waals surface area contributed by atoms with Crippen LogP contribution in [0.2, 0.25) is 0 Å². The van der Waals surface area contributed by atoms with Gasteiger partial charge in [-0.15, -0.1) is 0 Å². The Morgan fingerprint density at radius 2 is 1.85 bits per heavy atom. The van der Waals surface area contributed by atoms with Crippen molar-refractivity contribution in [3.63, 3.8) is 0 Å². The molecule has 0 aromatic heterocycles. The standard InChI is InChI=1S/C21H25N3O2/c1-14-12-19(9-10-20(14)23-15(2)25)24-21(26)17-7-5-16(6-8-17)18-4-3-11-22-13-18/h5-10,12,18,22H,3-4,11,13H2,1-2H3,(H,23,25)(H,24,26). The number of rotatable bonds is 4. The van der Waals surface area contributed by atoms with Gasteiger partial charge in [0.2, 0.25) is 5.91 Å². The molecule has 136 valence electrons. The lowest BCUT2D eigenvalue weighted by Gasteiger charge is -2.23. The number of benzene rings is 2. The summed E-state index contributed by atoms with van der Waals surface area (Å²) in [5.74, 6) is 0.285. The number of aryl methyl sites for hydroxylation is 1. The van der Waals surface area contributed by atoms with Gasteiger partial charge in [-0.1, -0.05) is 12.1 Å². The second kappa shape index (κ2) is 8.15. The maximum absolute atomic E-state index is 12.5. The fourth-order valence-corrected chi connectivity index (χ4v) is 3.32. The van der Waals surface area contributed by atoms with Crippen molar-refractivity contribution in [2.45, 2.75) is 32.6 Å². The highest BCUT2D eigenvalue weighted by molar-refractivity contribution is 6.04. The molecule has 0 aliphatic carbocycles. The summed E-state index contributed by atoms with van der Waals surface area (Å²) in [5.41, 5.74) is 4.28. The van der Waals surface area contributed by atoms with Gasteiger partial charge in [0.1, 0.15) is 0 Å². The molecule has 1 fully saturated rings. The average molecular weight is 351 g/mol. The Labute approximate surface area is 154 Å². The van der Waals surface area contributed by atoms with Crippen LogP contribution in [0.1, 0.15) is 47.2 Å². The maximum Gasteiger partial charge on any atom is 0.255 e. The molecule has 5 nitrogen and oxygen atoms in total. The lowest BCUT2D eigenvalue weighted by atomic mass is 9.91. The number of nitrogens with one attached hydrogen (secondary N) is 3. The van der Waals surface area contributed by atoms with Crippen molar-refractivity contribution in [3.8, 4) is 0 Å². The van der Waals surface area contributed by atoms with Gasteiger partial charge >= 0.3 is 0 Å². The molecule has 3 rings (SSSR count). The highest BCUT2D eigenvalue weighted by atomic mass is 16.2. The maximum atomic E-state index is 12.5. The van der Waals surface area contributed by atoms with Crippen LogP contribution in [0.15, 0.2) is 42.5 Å². The lowest BCUT2D eigenvalue weighted by molar-refractivity contribution is -0.114. The van der Waals surface area contributed by atoms with Crippen molar-refractivity contribution in [2.75, 3.05) is 23.7 Å². The Kier molecular flexibility index (Phi) is 5.68. The van der Waals surface area contributed by atoms with Crippen LogP contribution in [-0.2, 0) is 4.79 Å². The van der Waals surface area contributed by atoms with Crippen LogP contribution in [0.5, 0.6) is 0 Å². The fourth-order valence-electron chi connectivity index (χ4n) is 3.32. The van der Waals surface area contributed by atoms with E-state index in [-0.39, 0.29) is 11.8 Å². The van der Waals surface area contributed by atoms with Gasteiger partial charge in [-0.2, -0.15) is 0 Å². The van der Waals surface area contributed by atoms with E-state index in [0.29, 0.717) is 17.2 Å². The van der Waals surface area contributed by atoms with E-state index in [1.807, 2.05) is 25.1 Å². The summed E-state index contributed by atoms with van der Waals surface area (Å²) in [6.45, 7) is 5.47. The second-order valence-electron chi connectivity index (χ2n) is 6.83. The molecule has 3 N–H and O–H groups in total. The van der Waals surface area contributed by atoms with E-state index < -0.39 is 0 Å². The summed E-state index contributed by atoms with van der Waals surface area (Å²) in [6.07, 6.45) is 2.39. The van der Waals surface area contributed by atoms with Crippen LogP contribution >= 0.6 is 0 Å². The number of hydrogen-bond acceptors (Lipinski definition) is 3. The minimum atomic E-state index is -0.134. The summed E-state index contributed by atoms with van der Waals surface area (Å²) in [4.78, 5) is 23.7. The molecule has 2 amide bonds. The smallest absolute Gasteiger partial charge is 0.255 e. The van der Waals surface area contributed by atoms with E-state index in [1.165, 1.54) is 25.3 Å². The molecule has 1 unspecified atom stereocenters. The number of hydrogen-bond donors (Lipinski definition) is 3. The van der Waals surface area contributed by atoms with Gasteiger partial charge in [0.05, 0.1) is 0 Å². The zero-order valence-electron chi connectivity index (χ0n) is 15.3. The molecule has 1 atom stereocenters. The molecule has 0 radical (unpaired) electrons. The van der Waals surface area contributed by atoms with Gasteiger partial charge in [-0.3, -0.25) is 9.59 Å². The molecule has 2 aromatic carbocycles. The summed E-state index contributed by atoms with van der Waals surface area (Å²) in [7, 11) is 0. The van der Waals surface area contributed by atoms with Gasteiger partial charge in [0, 0.05) is 30.4 Å². The number of carbonyl (C=O) groups excluding carboxylic acids is 2. The second-order valence-corrected chi connectivity index (χ2v) is 6.83. The summed E-state index contributed by atoms with van der Waals surface area (Å²) in [6, 6.07) is 13.3. The van der Waals surface area contributed by atoms with Crippen LogP contribution in [0.3, 0.4) is 0 Å². The summed E-state index contributed by atoms with van der Waals surface area (Å²) in [5, 5.41) is 9.10. The third-order valence-electron chi connectivity index (χ3n) is 4.74. The molecule has 26 heavy (non-hydrogen) atoms. The Balaban J connectivity index is 1.66. The molecule has 1 heterocycles. The van der Waals surface area contributed by atoms with Crippen molar-refractivity contribution in [1.82, 2.24) is 5.32 Å². The van der Waals surface area contributed by atoms with E-state index >= 15 is 0 Å². The Hall–Kier alpha value is -2.66. The van der Waals surface area contributed by atoms with Crippen molar-refractivity contribution >= 4 is 23.2 Å². The minimum absolute atomic E-state index is 0.113. The monoisotopic (exact) mass is 351 g/mol. The first-order chi connectivity index (χ1) is 12.5. The highest BCUT2D eigenvalue weighted by Gasteiger charge is 2.15. The summed E-state index contributed by atoms with van der Waals surface area (Å²) < 4.78 is 0. The Bertz CT molecular complexity index is 793. The van der Waals surface area contributed by atoms with Crippen molar-refractivity contribution in [1.29, 1.82) is 0 Å². The van der Waals surface area contributed by atoms with Gasteiger partial charge in [-0.05, 0) is 73.7 Å². The van der Waals surface area contributed by atoms with E-state index in [4.69, 9.17) is 0 Å². The van der Waals surface area contributed by atoms with Crippen LogP contribution in [-0.4, -0.2) is 24.9 Å². The first-order valence-corrected chi connectivity index (χ1v) is 9.03. The number of piperidine rings is 1. The van der Waals surface area contributed by atoms with Crippen LogP contribution < -0.4 is 16.0 Å². The molecular formula is C21H25N3O2. The van der Waals surface area contributed by atoms with E-state index in [9.17, 15) is 9.59 Å². The molecule has 2 aromatic rings. The lowest BCUT2D eigenvalue weighted by Crippen LogP contribution is -2.28. The van der Waals surface area contributed by atoms with Gasteiger partial charge in [-0.25, -0.2) is 0 Å². The first kappa shape index (κ1) is 18.1. The van der Waals surface area contributed by atoms with Crippen molar-refractivity contribution in [3.05, 3.63) is 59.2 Å². The molecule has 1 saturated heterocycles. The molecule has 5 heteroatoms. The van der Waals surface area contributed by atoms with Crippen LogP contribution in [0, 0.1) is 6.92 Å². The molecule has 0 spiro atoms. The predicted molar refractivity (Wildman–Crippen MR) is 105 cm³/mol. The number of anilines is 2. The SMILES string of the molecule is CC(=O)Nc1ccc(NC(=O)c2ccc(C3CCCNC3)cc2)cc1C. The average Bonchev–Trinajstić information content (AvgIpc) is 2.64.